The van der Waals surface area contributed by atoms with Crippen LogP contribution in [0.2, 0.25) is 10.0 Å². The molecule has 0 aliphatic carbocycles. The Bertz CT molecular complexity index is 1330. The molecule has 0 spiro atoms. The number of amides is 2. The van der Waals surface area contributed by atoms with Gasteiger partial charge < -0.3 is 15.4 Å². The summed E-state index contributed by atoms with van der Waals surface area (Å²) in [5.41, 5.74) is 2.42. The Morgan fingerprint density at radius 2 is 1.78 bits per heavy atom. The molecule has 0 saturated carbocycles. The molecule has 8 nitrogen and oxygen atoms in total. The normalized spacial score (nSPS) is 12.1. The molecule has 2 N–H and O–H groups in total. The SMILES string of the molecule is COC(=O)C(NC(=O)c1nn(-c2ccc(Cl)cc2Cl)c(-c2cccc(NC(C)=O)c2)c1C)C(C)(C)C. The van der Waals surface area contributed by atoms with Crippen LogP contribution in [-0.2, 0) is 14.3 Å². The standard InChI is InChI=1S/C26H28Cl2N4O4/c1-14-21(24(34)30-23(25(35)36-6)26(3,4)5)31-32(20-11-10-17(27)13-19(20)28)22(14)16-8-7-9-18(12-16)29-15(2)33/h7-13,23H,1-6H3,(H,29,33)(H,30,34). The van der Waals surface area contributed by atoms with Crippen LogP contribution in [0.3, 0.4) is 0 Å². The van der Waals surface area contributed by atoms with Gasteiger partial charge >= 0.3 is 5.97 Å². The lowest BCUT2D eigenvalue weighted by Crippen LogP contribution is -2.49. The van der Waals surface area contributed by atoms with Crippen LogP contribution in [0.5, 0.6) is 0 Å². The summed E-state index contributed by atoms with van der Waals surface area (Å²) in [6.07, 6.45) is 0. The van der Waals surface area contributed by atoms with Gasteiger partial charge in [-0.1, -0.05) is 56.1 Å². The molecule has 0 fully saturated rings. The number of methoxy groups -OCH3 is 1. The number of rotatable bonds is 6. The Labute approximate surface area is 219 Å². The number of nitrogens with one attached hydrogen (secondary N) is 2. The zero-order valence-corrected chi connectivity index (χ0v) is 22.4. The lowest BCUT2D eigenvalue weighted by Gasteiger charge is -2.28. The third-order valence-corrected chi connectivity index (χ3v) is 6.05. The molecule has 2 amide bonds. The highest BCUT2D eigenvalue weighted by Gasteiger charge is 2.35. The third kappa shape index (κ3) is 5.88. The lowest BCUT2D eigenvalue weighted by atomic mass is 9.86. The van der Waals surface area contributed by atoms with Gasteiger partial charge in [-0.3, -0.25) is 9.59 Å². The van der Waals surface area contributed by atoms with Gasteiger partial charge in [0.05, 0.1) is 23.5 Å². The second-order valence-electron chi connectivity index (χ2n) is 9.39. The number of nitrogens with zero attached hydrogens (tertiary/aromatic N) is 2. The van der Waals surface area contributed by atoms with E-state index in [1.54, 1.807) is 48.0 Å². The molecule has 1 unspecified atom stereocenters. The van der Waals surface area contributed by atoms with Crippen molar-refractivity contribution >= 4 is 46.7 Å². The van der Waals surface area contributed by atoms with E-state index in [2.05, 4.69) is 15.7 Å². The minimum absolute atomic E-state index is 0.110. The molecule has 3 rings (SSSR count). The Balaban J connectivity index is 2.19. The average Bonchev–Trinajstić information content (AvgIpc) is 3.12. The number of benzene rings is 2. The number of esters is 1. The second kappa shape index (κ2) is 10.7. The van der Waals surface area contributed by atoms with Gasteiger partial charge in [-0.05, 0) is 42.7 Å². The smallest absolute Gasteiger partial charge is 0.328 e. The number of aromatic nitrogens is 2. The average molecular weight is 531 g/mol. The fourth-order valence-corrected chi connectivity index (χ4v) is 4.26. The summed E-state index contributed by atoms with van der Waals surface area (Å²) in [6.45, 7) is 8.66. The van der Waals surface area contributed by atoms with Gasteiger partial charge in [0.1, 0.15) is 6.04 Å². The van der Waals surface area contributed by atoms with Crippen molar-refractivity contribution in [1.29, 1.82) is 0 Å². The number of ether oxygens (including phenoxy) is 1. The Hall–Kier alpha value is -3.36. The number of hydrogen-bond acceptors (Lipinski definition) is 5. The van der Waals surface area contributed by atoms with Gasteiger partial charge in [0, 0.05) is 28.8 Å². The summed E-state index contributed by atoms with van der Waals surface area (Å²) >= 11 is 12.6. The fourth-order valence-electron chi connectivity index (χ4n) is 3.77. The number of carbonyl (C=O) groups excluding carboxylic acids is 3. The van der Waals surface area contributed by atoms with Crippen LogP contribution >= 0.6 is 23.2 Å². The van der Waals surface area contributed by atoms with Gasteiger partial charge in [-0.2, -0.15) is 5.10 Å². The van der Waals surface area contributed by atoms with Crippen molar-refractivity contribution in [2.75, 3.05) is 12.4 Å². The largest absolute Gasteiger partial charge is 0.467 e. The van der Waals surface area contributed by atoms with Crippen molar-refractivity contribution in [1.82, 2.24) is 15.1 Å². The quantitative estimate of drug-likeness (QED) is 0.413. The molecular formula is C26H28Cl2N4O4. The minimum atomic E-state index is -0.898. The Morgan fingerprint density at radius 3 is 2.36 bits per heavy atom. The van der Waals surface area contributed by atoms with E-state index in [1.165, 1.54) is 14.0 Å². The second-order valence-corrected chi connectivity index (χ2v) is 10.2. The summed E-state index contributed by atoms with van der Waals surface area (Å²) in [4.78, 5) is 37.4. The maximum absolute atomic E-state index is 13.4. The first-order valence-electron chi connectivity index (χ1n) is 11.1. The van der Waals surface area contributed by atoms with Crippen LogP contribution in [0.15, 0.2) is 42.5 Å². The van der Waals surface area contributed by atoms with Crippen molar-refractivity contribution in [3.63, 3.8) is 0 Å². The van der Waals surface area contributed by atoms with Gasteiger partial charge in [-0.25, -0.2) is 9.48 Å². The first-order valence-corrected chi connectivity index (χ1v) is 11.9. The van der Waals surface area contributed by atoms with Crippen LogP contribution in [0.25, 0.3) is 16.9 Å². The summed E-state index contributed by atoms with van der Waals surface area (Å²) in [5.74, 6) is -1.31. The van der Waals surface area contributed by atoms with Crippen molar-refractivity contribution in [2.45, 2.75) is 40.7 Å². The highest BCUT2D eigenvalue weighted by Crippen LogP contribution is 2.34. The van der Waals surface area contributed by atoms with E-state index in [0.29, 0.717) is 38.2 Å². The monoisotopic (exact) mass is 530 g/mol. The van der Waals surface area contributed by atoms with E-state index in [9.17, 15) is 14.4 Å². The molecule has 0 aliphatic heterocycles. The molecule has 190 valence electrons. The molecular weight excluding hydrogens is 503 g/mol. The number of hydrogen-bond donors (Lipinski definition) is 2. The molecule has 0 bridgehead atoms. The zero-order valence-electron chi connectivity index (χ0n) is 20.9. The van der Waals surface area contributed by atoms with Crippen LogP contribution in [0, 0.1) is 12.3 Å². The third-order valence-electron chi connectivity index (χ3n) is 5.51. The van der Waals surface area contributed by atoms with E-state index < -0.39 is 23.3 Å². The first kappa shape index (κ1) is 27.2. The van der Waals surface area contributed by atoms with E-state index in [4.69, 9.17) is 27.9 Å². The molecule has 0 radical (unpaired) electrons. The van der Waals surface area contributed by atoms with Gasteiger partial charge in [0.15, 0.2) is 5.69 Å². The first-order chi connectivity index (χ1) is 16.8. The van der Waals surface area contributed by atoms with Crippen LogP contribution < -0.4 is 10.6 Å². The molecule has 10 heteroatoms. The molecule has 1 heterocycles. The highest BCUT2D eigenvalue weighted by molar-refractivity contribution is 6.35. The molecule has 0 aliphatic rings. The molecule has 36 heavy (non-hydrogen) atoms. The van der Waals surface area contributed by atoms with Crippen molar-refractivity contribution in [2.24, 2.45) is 5.41 Å². The van der Waals surface area contributed by atoms with E-state index in [0.717, 1.165) is 0 Å². The highest BCUT2D eigenvalue weighted by atomic mass is 35.5. The molecule has 1 atom stereocenters. The lowest BCUT2D eigenvalue weighted by molar-refractivity contribution is -0.145. The predicted molar refractivity (Wildman–Crippen MR) is 141 cm³/mol. The summed E-state index contributed by atoms with van der Waals surface area (Å²) in [7, 11) is 1.27. The van der Waals surface area contributed by atoms with Gasteiger partial charge in [0.25, 0.3) is 5.91 Å². The Kier molecular flexibility index (Phi) is 8.11. The van der Waals surface area contributed by atoms with Crippen LogP contribution in [0.1, 0.15) is 43.7 Å². The van der Waals surface area contributed by atoms with Crippen molar-refractivity contribution < 1.29 is 19.1 Å². The summed E-state index contributed by atoms with van der Waals surface area (Å²) in [6, 6.07) is 11.2. The van der Waals surface area contributed by atoms with Crippen molar-refractivity contribution in [3.05, 3.63) is 63.8 Å². The predicted octanol–water partition coefficient (Wildman–Crippen LogP) is 5.43. The number of halogens is 2. The van der Waals surface area contributed by atoms with Crippen LogP contribution in [0.4, 0.5) is 5.69 Å². The summed E-state index contributed by atoms with van der Waals surface area (Å²) < 4.78 is 6.46. The maximum Gasteiger partial charge on any atom is 0.328 e. The topological polar surface area (TPSA) is 102 Å². The summed E-state index contributed by atoms with van der Waals surface area (Å²) in [5, 5.41) is 10.9. The minimum Gasteiger partial charge on any atom is -0.467 e. The Morgan fingerprint density at radius 1 is 1.08 bits per heavy atom. The van der Waals surface area contributed by atoms with E-state index in [1.807, 2.05) is 26.8 Å². The van der Waals surface area contributed by atoms with E-state index >= 15 is 0 Å². The molecule has 0 saturated heterocycles. The van der Waals surface area contributed by atoms with Gasteiger partial charge in [-0.15, -0.1) is 0 Å². The van der Waals surface area contributed by atoms with Crippen LogP contribution in [-0.4, -0.2) is 40.7 Å². The number of carbonyl (C=O) groups is 3. The number of anilines is 1. The molecule has 1 aromatic heterocycles. The van der Waals surface area contributed by atoms with E-state index in [-0.39, 0.29) is 11.6 Å². The van der Waals surface area contributed by atoms with Crippen molar-refractivity contribution in [3.8, 4) is 16.9 Å². The maximum atomic E-state index is 13.4. The molecule has 3 aromatic rings. The van der Waals surface area contributed by atoms with Gasteiger partial charge in [0.2, 0.25) is 5.91 Å². The zero-order chi connectivity index (χ0) is 26.8. The fraction of sp³-hybridized carbons (Fsp3) is 0.308. The molecule has 2 aromatic carbocycles.